The predicted molar refractivity (Wildman–Crippen MR) is 177 cm³/mol. The Morgan fingerprint density at radius 1 is 0.978 bits per heavy atom. The van der Waals surface area contributed by atoms with Crippen molar-refractivity contribution in [2.24, 2.45) is 5.92 Å². The Labute approximate surface area is 289 Å². The normalized spacial score (nSPS) is 18.5. The quantitative estimate of drug-likeness (QED) is 0.163. The molecule has 2 aromatic carbocycles. The Kier molecular flexibility index (Phi) is 13.4. The molecule has 2 unspecified atom stereocenters. The predicted octanol–water partition coefficient (Wildman–Crippen LogP) is 4.45. The second kappa shape index (κ2) is 15.5. The average Bonchev–Trinajstić information content (AvgIpc) is 2.97. The van der Waals surface area contributed by atoms with Crippen molar-refractivity contribution in [2.75, 3.05) is 48.0 Å². The van der Waals surface area contributed by atoms with Gasteiger partial charge in [-0.15, -0.1) is 10.3 Å². The van der Waals surface area contributed by atoms with Crippen molar-refractivity contribution in [2.45, 2.75) is 90.6 Å². The fraction of sp³-hybridized carbons (Fsp3) is 0.595. The van der Waals surface area contributed by atoms with Crippen LogP contribution in [-0.2, 0) is 17.0 Å². The second-order valence-electron chi connectivity index (χ2n) is 14.4. The van der Waals surface area contributed by atoms with Crippen LogP contribution in [0, 0.1) is 24.2 Å². The van der Waals surface area contributed by atoms with E-state index in [1.165, 1.54) is 16.2 Å². The zero-order chi connectivity index (χ0) is 32.9. The number of nitriles is 1. The third-order valence-corrected chi connectivity index (χ3v) is 9.64. The van der Waals surface area contributed by atoms with Crippen LogP contribution in [0.5, 0.6) is 17.2 Å². The van der Waals surface area contributed by atoms with Crippen LogP contribution in [0.1, 0.15) is 77.5 Å². The summed E-state index contributed by atoms with van der Waals surface area (Å²) in [5.74, 6) is 2.32. The lowest BCUT2D eigenvalue weighted by molar-refractivity contribution is -0.905. The Hall–Kier alpha value is -2.32. The lowest BCUT2D eigenvalue weighted by atomic mass is 9.69. The van der Waals surface area contributed by atoms with Crippen LogP contribution >= 0.6 is 0 Å². The fourth-order valence-corrected chi connectivity index (χ4v) is 7.17. The summed E-state index contributed by atoms with van der Waals surface area (Å²) in [6, 6.07) is 15.1. The number of ether oxygens (including phenoxy) is 3. The highest BCUT2D eigenvalue weighted by molar-refractivity contribution is 5.47. The molecule has 0 aliphatic carbocycles. The van der Waals surface area contributed by atoms with Gasteiger partial charge in [-0.3, -0.25) is 0 Å². The largest absolute Gasteiger partial charge is 1.00 e. The molecule has 2 aromatic rings. The highest BCUT2D eigenvalue weighted by atomic mass is 127. The number of benzene rings is 2. The van der Waals surface area contributed by atoms with Gasteiger partial charge in [0.25, 0.3) is 0 Å². The van der Waals surface area contributed by atoms with Crippen molar-refractivity contribution < 1.29 is 47.9 Å². The van der Waals surface area contributed by atoms with E-state index in [-0.39, 0.29) is 29.9 Å². The number of methoxy groups -OCH3 is 3. The van der Waals surface area contributed by atoms with Gasteiger partial charge >= 0.3 is 0 Å². The SMILES string of the molecule is COc1cc(CC[N+](C)(CCCC(C#N)(c2ccc(OC)c(OC)c2)C(C)C)CC2=CC(C)(C)N([O])C(C)(C)C2)ccc1C.[I-]. The molecule has 0 saturated heterocycles. The molecule has 0 N–H and O–H groups in total. The van der Waals surface area contributed by atoms with Gasteiger partial charge in [-0.05, 0) is 100 Å². The van der Waals surface area contributed by atoms with Crippen molar-refractivity contribution in [3.8, 4) is 23.3 Å². The minimum atomic E-state index is -0.661. The van der Waals surface area contributed by atoms with Crippen LogP contribution in [0.3, 0.4) is 0 Å². The van der Waals surface area contributed by atoms with Crippen LogP contribution in [-0.4, -0.2) is 68.6 Å². The van der Waals surface area contributed by atoms with Crippen LogP contribution in [0.15, 0.2) is 48.0 Å². The summed E-state index contributed by atoms with van der Waals surface area (Å²) >= 11 is 0. The van der Waals surface area contributed by atoms with E-state index in [4.69, 9.17) is 14.2 Å². The van der Waals surface area contributed by atoms with Gasteiger partial charge in [-0.25, -0.2) is 0 Å². The molecule has 0 saturated carbocycles. The molecule has 0 aromatic heterocycles. The molecule has 0 amide bonds. The number of hydrogen-bond donors (Lipinski definition) is 0. The molecule has 0 bridgehead atoms. The van der Waals surface area contributed by atoms with E-state index in [0.717, 1.165) is 66.7 Å². The number of halogens is 1. The first-order chi connectivity index (χ1) is 20.6. The molecule has 2 atom stereocenters. The van der Waals surface area contributed by atoms with E-state index in [2.05, 4.69) is 58.2 Å². The molecule has 7 nitrogen and oxygen atoms in total. The smallest absolute Gasteiger partial charge is 0.161 e. The maximum Gasteiger partial charge on any atom is 0.161 e. The number of nitrogens with zero attached hydrogens (tertiary/aromatic N) is 3. The second-order valence-corrected chi connectivity index (χ2v) is 14.4. The summed E-state index contributed by atoms with van der Waals surface area (Å²) < 4.78 is 17.5. The van der Waals surface area contributed by atoms with Gasteiger partial charge in [0.2, 0.25) is 0 Å². The standard InChI is InChI=1S/C37H55N3O4.HI/c1-27(2)37(26-38,31-15-16-32(42-9)34(22-31)44-11)18-12-19-40(8,20-17-29-14-13-28(3)33(21-29)43-10)25-30-23-35(4,5)39(41)36(6,7)24-30;/h13-16,21-23,27H,12,17-20,24-25H2,1-11H3;1H/q+1;/p-1. The summed E-state index contributed by atoms with van der Waals surface area (Å²) in [4.78, 5) is 0. The van der Waals surface area contributed by atoms with Gasteiger partial charge in [0, 0.05) is 12.0 Å². The molecule has 45 heavy (non-hydrogen) atoms. The van der Waals surface area contributed by atoms with Gasteiger partial charge in [0.15, 0.2) is 11.5 Å². The van der Waals surface area contributed by atoms with E-state index in [0.29, 0.717) is 11.5 Å². The third-order valence-electron chi connectivity index (χ3n) is 9.64. The number of hydroxylamine groups is 2. The molecule has 249 valence electrons. The van der Waals surface area contributed by atoms with Gasteiger partial charge in [0.05, 0.1) is 58.5 Å². The zero-order valence-electron chi connectivity index (χ0n) is 29.4. The lowest BCUT2D eigenvalue weighted by Crippen LogP contribution is -3.00. The van der Waals surface area contributed by atoms with Gasteiger partial charge in [-0.2, -0.15) is 5.26 Å². The Bertz CT molecular complexity index is 1370. The lowest BCUT2D eigenvalue weighted by Gasteiger charge is -2.47. The summed E-state index contributed by atoms with van der Waals surface area (Å²) in [7, 11) is 7.31. The molecule has 1 aliphatic rings. The van der Waals surface area contributed by atoms with Crippen molar-refractivity contribution in [3.05, 3.63) is 64.7 Å². The fourth-order valence-electron chi connectivity index (χ4n) is 7.17. The highest BCUT2D eigenvalue weighted by Gasteiger charge is 2.43. The van der Waals surface area contributed by atoms with E-state index in [1.54, 1.807) is 21.3 Å². The molecular weight excluding hydrogens is 677 g/mol. The first-order valence-electron chi connectivity index (χ1n) is 15.9. The molecule has 8 heteroatoms. The van der Waals surface area contributed by atoms with Gasteiger partial charge in [0.1, 0.15) is 12.3 Å². The molecule has 0 spiro atoms. The van der Waals surface area contributed by atoms with E-state index < -0.39 is 16.5 Å². The van der Waals surface area contributed by atoms with Crippen LogP contribution in [0.2, 0.25) is 0 Å². The number of quaternary nitrogens is 1. The minimum Gasteiger partial charge on any atom is -1.00 e. The molecule has 1 aliphatic heterocycles. The number of hydrogen-bond acceptors (Lipinski definition) is 5. The third kappa shape index (κ3) is 8.94. The van der Waals surface area contributed by atoms with Crippen LogP contribution in [0.25, 0.3) is 0 Å². The molecule has 0 fully saturated rings. The Morgan fingerprint density at radius 3 is 2.18 bits per heavy atom. The first-order valence-corrected chi connectivity index (χ1v) is 15.9. The first kappa shape index (κ1) is 38.9. The molecule has 1 heterocycles. The zero-order valence-corrected chi connectivity index (χ0v) is 31.6. The van der Waals surface area contributed by atoms with Crippen LogP contribution < -0.4 is 38.2 Å². The molecule has 1 radical (unpaired) electrons. The topological polar surface area (TPSA) is 74.6 Å². The Balaban J connectivity index is 0.00000705. The van der Waals surface area contributed by atoms with Crippen molar-refractivity contribution in [1.82, 2.24) is 5.06 Å². The average molecular weight is 733 g/mol. The number of rotatable bonds is 14. The molecular formula is C37H55IN3O4. The van der Waals surface area contributed by atoms with Crippen molar-refractivity contribution in [3.63, 3.8) is 0 Å². The van der Waals surface area contributed by atoms with Crippen LogP contribution in [0.4, 0.5) is 0 Å². The monoisotopic (exact) mass is 732 g/mol. The van der Waals surface area contributed by atoms with Gasteiger partial charge in [-0.1, -0.05) is 38.1 Å². The minimum absolute atomic E-state index is 0. The maximum atomic E-state index is 13.1. The summed E-state index contributed by atoms with van der Waals surface area (Å²) in [6.07, 6.45) is 5.44. The van der Waals surface area contributed by atoms with Crippen molar-refractivity contribution in [1.29, 1.82) is 5.26 Å². The molecule has 3 rings (SSSR count). The van der Waals surface area contributed by atoms with E-state index in [1.807, 2.05) is 45.9 Å². The Morgan fingerprint density at radius 2 is 1.62 bits per heavy atom. The van der Waals surface area contributed by atoms with E-state index >= 15 is 0 Å². The number of likely N-dealkylation sites (N-methyl/N-ethyl adjacent to an activating group) is 1. The van der Waals surface area contributed by atoms with E-state index in [9.17, 15) is 10.5 Å². The van der Waals surface area contributed by atoms with Gasteiger partial charge < -0.3 is 42.7 Å². The highest BCUT2D eigenvalue weighted by Crippen LogP contribution is 2.41. The number of aryl methyl sites for hydroxylation is 1. The summed E-state index contributed by atoms with van der Waals surface area (Å²) in [5.41, 5.74) is 2.97. The summed E-state index contributed by atoms with van der Waals surface area (Å²) in [6.45, 7) is 17.1. The maximum absolute atomic E-state index is 13.1. The van der Waals surface area contributed by atoms with Crippen molar-refractivity contribution >= 4 is 0 Å². The summed E-state index contributed by atoms with van der Waals surface area (Å²) in [5, 5.41) is 25.0.